The van der Waals surface area contributed by atoms with Crippen LogP contribution in [-0.2, 0) is 9.53 Å². The molecule has 1 rings (SSSR count). The fraction of sp³-hybridized carbons (Fsp3) is 0.364. The van der Waals surface area contributed by atoms with E-state index in [4.69, 9.17) is 9.47 Å². The molecule has 0 amide bonds. The first kappa shape index (κ1) is 12.2. The Morgan fingerprint density at radius 2 is 2.00 bits per heavy atom. The second kappa shape index (κ2) is 5.85. The number of hydrogen-bond acceptors (Lipinski definition) is 5. The summed E-state index contributed by atoms with van der Waals surface area (Å²) < 4.78 is 14.7. The molecular formula is C11H15NO4. The summed E-state index contributed by atoms with van der Waals surface area (Å²) in [6.45, 7) is 0.0964. The minimum Gasteiger partial charge on any atom is -0.497 e. The Kier molecular flexibility index (Phi) is 4.44. The molecule has 0 aliphatic rings. The Hall–Kier alpha value is -1.91. The van der Waals surface area contributed by atoms with Crippen molar-refractivity contribution in [2.75, 3.05) is 33.2 Å². The maximum atomic E-state index is 11.0. The summed E-state index contributed by atoms with van der Waals surface area (Å²) in [5.41, 5.74) is 0.716. The first-order valence-electron chi connectivity index (χ1n) is 4.74. The van der Waals surface area contributed by atoms with Crippen LogP contribution in [0.2, 0.25) is 0 Å². The maximum absolute atomic E-state index is 11.0. The molecule has 0 saturated heterocycles. The smallest absolute Gasteiger partial charge is 0.325 e. The number of benzene rings is 1. The number of methoxy groups -OCH3 is 3. The highest BCUT2D eigenvalue weighted by Crippen LogP contribution is 2.28. The average molecular weight is 225 g/mol. The predicted octanol–water partition coefficient (Wildman–Crippen LogP) is 1.29. The van der Waals surface area contributed by atoms with Gasteiger partial charge in [-0.3, -0.25) is 4.79 Å². The molecule has 16 heavy (non-hydrogen) atoms. The van der Waals surface area contributed by atoms with Gasteiger partial charge in [-0.25, -0.2) is 0 Å². The summed E-state index contributed by atoms with van der Waals surface area (Å²) in [5.74, 6) is 0.974. The monoisotopic (exact) mass is 225 g/mol. The number of nitrogens with one attached hydrogen (secondary N) is 1. The molecule has 1 N–H and O–H groups in total. The molecule has 0 aliphatic heterocycles. The molecule has 0 unspecified atom stereocenters. The topological polar surface area (TPSA) is 56.8 Å². The molecule has 0 spiro atoms. The van der Waals surface area contributed by atoms with Crippen molar-refractivity contribution >= 4 is 11.7 Å². The van der Waals surface area contributed by atoms with Crippen molar-refractivity contribution in [3.8, 4) is 11.5 Å². The van der Waals surface area contributed by atoms with E-state index in [1.54, 1.807) is 32.4 Å². The lowest BCUT2D eigenvalue weighted by molar-refractivity contribution is -0.138. The van der Waals surface area contributed by atoms with Gasteiger partial charge >= 0.3 is 5.97 Å². The van der Waals surface area contributed by atoms with Crippen LogP contribution >= 0.6 is 0 Å². The van der Waals surface area contributed by atoms with Crippen LogP contribution in [0.4, 0.5) is 5.69 Å². The molecule has 0 aliphatic carbocycles. The number of ether oxygens (including phenoxy) is 3. The van der Waals surface area contributed by atoms with Gasteiger partial charge in [0.05, 0.1) is 27.0 Å². The number of anilines is 1. The van der Waals surface area contributed by atoms with E-state index in [1.807, 2.05) is 0 Å². The van der Waals surface area contributed by atoms with Crippen LogP contribution < -0.4 is 14.8 Å². The third-order valence-electron chi connectivity index (χ3n) is 2.06. The van der Waals surface area contributed by atoms with Gasteiger partial charge in [0, 0.05) is 6.07 Å². The first-order valence-corrected chi connectivity index (χ1v) is 4.74. The lowest BCUT2D eigenvalue weighted by atomic mass is 10.2. The van der Waals surface area contributed by atoms with Crippen molar-refractivity contribution in [3.63, 3.8) is 0 Å². The highest BCUT2D eigenvalue weighted by Gasteiger charge is 2.06. The van der Waals surface area contributed by atoms with Gasteiger partial charge in [0.1, 0.15) is 18.0 Å². The summed E-state index contributed by atoms with van der Waals surface area (Å²) in [7, 11) is 4.48. The van der Waals surface area contributed by atoms with Crippen LogP contribution in [0.1, 0.15) is 0 Å². The largest absolute Gasteiger partial charge is 0.497 e. The molecule has 0 fully saturated rings. The lowest BCUT2D eigenvalue weighted by Gasteiger charge is -2.11. The number of carbonyl (C=O) groups excluding carboxylic acids is 1. The van der Waals surface area contributed by atoms with Crippen LogP contribution in [0.25, 0.3) is 0 Å². The Labute approximate surface area is 94.3 Å². The molecule has 1 aromatic carbocycles. The zero-order valence-corrected chi connectivity index (χ0v) is 9.57. The SMILES string of the molecule is COC(=O)CNc1ccc(OC)cc1OC. The van der Waals surface area contributed by atoms with Crippen molar-refractivity contribution in [2.24, 2.45) is 0 Å². The summed E-state index contributed by atoms with van der Waals surface area (Å²) >= 11 is 0. The Bertz CT molecular complexity index is 365. The molecule has 0 heterocycles. The number of rotatable bonds is 5. The van der Waals surface area contributed by atoms with Gasteiger partial charge in [-0.1, -0.05) is 0 Å². The second-order valence-electron chi connectivity index (χ2n) is 3.00. The Morgan fingerprint density at radius 1 is 1.25 bits per heavy atom. The first-order chi connectivity index (χ1) is 7.71. The number of esters is 1. The third kappa shape index (κ3) is 3.05. The molecular weight excluding hydrogens is 210 g/mol. The van der Waals surface area contributed by atoms with E-state index in [9.17, 15) is 4.79 Å². The minimum atomic E-state index is -0.335. The zero-order valence-electron chi connectivity index (χ0n) is 9.57. The van der Waals surface area contributed by atoms with Gasteiger partial charge in [0.2, 0.25) is 0 Å². The average Bonchev–Trinajstić information content (AvgIpc) is 2.35. The number of hydrogen-bond donors (Lipinski definition) is 1. The molecule has 1 aromatic rings. The van der Waals surface area contributed by atoms with Crippen molar-refractivity contribution in [3.05, 3.63) is 18.2 Å². The van der Waals surface area contributed by atoms with Gasteiger partial charge in [0.25, 0.3) is 0 Å². The van der Waals surface area contributed by atoms with Crippen LogP contribution in [-0.4, -0.2) is 33.8 Å². The van der Waals surface area contributed by atoms with E-state index in [-0.39, 0.29) is 12.5 Å². The molecule has 0 bridgehead atoms. The molecule has 0 aromatic heterocycles. The van der Waals surface area contributed by atoms with E-state index >= 15 is 0 Å². The molecule has 0 saturated carbocycles. The summed E-state index contributed by atoms with van der Waals surface area (Å²) in [4.78, 5) is 11.0. The molecule has 0 radical (unpaired) electrons. The van der Waals surface area contributed by atoms with Crippen molar-refractivity contribution < 1.29 is 19.0 Å². The predicted molar refractivity (Wildman–Crippen MR) is 60.1 cm³/mol. The molecule has 88 valence electrons. The highest BCUT2D eigenvalue weighted by molar-refractivity contribution is 5.76. The van der Waals surface area contributed by atoms with E-state index in [1.165, 1.54) is 7.11 Å². The minimum absolute atomic E-state index is 0.0964. The molecule has 5 nitrogen and oxygen atoms in total. The van der Waals surface area contributed by atoms with Gasteiger partial charge in [0.15, 0.2) is 0 Å². The summed E-state index contributed by atoms with van der Waals surface area (Å²) in [6.07, 6.45) is 0. The fourth-order valence-corrected chi connectivity index (χ4v) is 1.18. The quantitative estimate of drug-likeness (QED) is 0.765. The highest BCUT2D eigenvalue weighted by atomic mass is 16.5. The van der Waals surface area contributed by atoms with Crippen molar-refractivity contribution in [2.45, 2.75) is 0 Å². The molecule has 0 atom stereocenters. The van der Waals surface area contributed by atoms with Crippen LogP contribution in [0.5, 0.6) is 11.5 Å². The normalized spacial score (nSPS) is 9.44. The van der Waals surface area contributed by atoms with Gasteiger partial charge in [-0.05, 0) is 12.1 Å². The van der Waals surface area contributed by atoms with Crippen LogP contribution in [0, 0.1) is 0 Å². The van der Waals surface area contributed by atoms with Crippen LogP contribution in [0.15, 0.2) is 18.2 Å². The summed E-state index contributed by atoms with van der Waals surface area (Å²) in [5, 5.41) is 2.91. The van der Waals surface area contributed by atoms with Gasteiger partial charge < -0.3 is 19.5 Å². The standard InChI is InChI=1S/C11H15NO4/c1-14-8-4-5-9(10(6-8)15-2)12-7-11(13)16-3/h4-6,12H,7H2,1-3H3. The van der Waals surface area contributed by atoms with Gasteiger partial charge in [-0.15, -0.1) is 0 Å². The van der Waals surface area contributed by atoms with Crippen molar-refractivity contribution in [1.82, 2.24) is 0 Å². The van der Waals surface area contributed by atoms with Gasteiger partial charge in [-0.2, -0.15) is 0 Å². The van der Waals surface area contributed by atoms with E-state index < -0.39 is 0 Å². The maximum Gasteiger partial charge on any atom is 0.325 e. The van der Waals surface area contributed by atoms with Crippen LogP contribution in [0.3, 0.4) is 0 Å². The van der Waals surface area contributed by atoms with Crippen molar-refractivity contribution in [1.29, 1.82) is 0 Å². The zero-order chi connectivity index (χ0) is 12.0. The van der Waals surface area contributed by atoms with E-state index in [2.05, 4.69) is 10.1 Å². The Morgan fingerprint density at radius 3 is 2.56 bits per heavy atom. The number of carbonyl (C=O) groups is 1. The third-order valence-corrected chi connectivity index (χ3v) is 2.06. The van der Waals surface area contributed by atoms with E-state index in [0.29, 0.717) is 17.2 Å². The molecule has 5 heteroatoms. The fourth-order valence-electron chi connectivity index (χ4n) is 1.18. The second-order valence-corrected chi connectivity index (χ2v) is 3.00. The summed E-state index contributed by atoms with van der Waals surface area (Å²) in [6, 6.07) is 5.29. The lowest BCUT2D eigenvalue weighted by Crippen LogP contribution is -2.15. The Balaban J connectivity index is 2.75. The van der Waals surface area contributed by atoms with E-state index in [0.717, 1.165) is 0 Å².